The molecule has 0 aromatic carbocycles. The largest absolute Gasteiger partial charge is 0.478 e. The summed E-state index contributed by atoms with van der Waals surface area (Å²) in [5, 5.41) is 8.29. The number of carboxylic acids is 1. The minimum absolute atomic E-state index is 0. The smallest absolute Gasteiger partial charge is 0.331 e. The lowest BCUT2D eigenvalue weighted by atomic mass is 10.1. The maximum Gasteiger partial charge on any atom is 0.331 e. The maximum atomic E-state index is 11.0. The van der Waals surface area contributed by atoms with Gasteiger partial charge in [0.25, 0.3) is 0 Å². The number of piperidine rings is 1. The van der Waals surface area contributed by atoms with Gasteiger partial charge in [-0.25, -0.2) is 9.59 Å². The highest BCUT2D eigenvalue weighted by molar-refractivity contribution is 5.90. The third-order valence-electron chi connectivity index (χ3n) is 2.46. The molecule has 5 nitrogen and oxygen atoms in total. The third kappa shape index (κ3) is 7.76. The second-order valence-corrected chi connectivity index (χ2v) is 3.74. The van der Waals surface area contributed by atoms with E-state index in [1.165, 1.54) is 19.3 Å². The van der Waals surface area contributed by atoms with Crippen LogP contribution in [0.2, 0.25) is 0 Å². The summed E-state index contributed by atoms with van der Waals surface area (Å²) < 4.78 is 4.86. The molecule has 0 aromatic heterocycles. The van der Waals surface area contributed by atoms with Gasteiger partial charge in [0.2, 0.25) is 0 Å². The highest BCUT2D eigenvalue weighted by atomic mass is 35.5. The van der Waals surface area contributed by atoms with Crippen molar-refractivity contribution in [2.75, 3.05) is 26.2 Å². The van der Waals surface area contributed by atoms with Gasteiger partial charge < -0.3 is 9.84 Å². The van der Waals surface area contributed by atoms with Crippen molar-refractivity contribution in [1.29, 1.82) is 0 Å². The fourth-order valence-corrected chi connectivity index (χ4v) is 1.65. The van der Waals surface area contributed by atoms with Gasteiger partial charge in [-0.05, 0) is 25.9 Å². The molecule has 1 aliphatic heterocycles. The third-order valence-corrected chi connectivity index (χ3v) is 2.46. The number of ether oxygens (including phenoxy) is 1. The molecule has 0 atom stereocenters. The lowest BCUT2D eigenvalue weighted by Crippen LogP contribution is -2.33. The van der Waals surface area contributed by atoms with E-state index in [9.17, 15) is 9.59 Å². The summed E-state index contributed by atoms with van der Waals surface area (Å²) in [7, 11) is 0. The molecule has 1 rings (SSSR count). The molecule has 17 heavy (non-hydrogen) atoms. The number of hydrogen-bond acceptors (Lipinski definition) is 4. The number of aliphatic carboxylic acids is 1. The van der Waals surface area contributed by atoms with Crippen LogP contribution in [0.1, 0.15) is 19.3 Å². The predicted octanol–water partition coefficient (Wildman–Crippen LogP) is 1.08. The van der Waals surface area contributed by atoms with Crippen molar-refractivity contribution in [1.82, 2.24) is 4.90 Å². The number of carbonyl (C=O) groups excluding carboxylic acids is 1. The lowest BCUT2D eigenvalue weighted by Gasteiger charge is -2.25. The molecule has 0 bridgehead atoms. The average Bonchev–Trinajstić information content (AvgIpc) is 2.28. The molecule has 1 aliphatic rings. The van der Waals surface area contributed by atoms with Crippen LogP contribution in [-0.4, -0.2) is 48.2 Å². The second kappa shape index (κ2) is 9.01. The molecule has 1 heterocycles. The zero-order valence-electron chi connectivity index (χ0n) is 9.63. The van der Waals surface area contributed by atoms with Crippen molar-refractivity contribution in [3.05, 3.63) is 12.2 Å². The zero-order valence-corrected chi connectivity index (χ0v) is 10.4. The SMILES string of the molecule is Cl.O=C(O)/C=C/C(=O)OCCN1CCCCC1. The number of carboxylic acid groups (broad SMARTS) is 1. The van der Waals surface area contributed by atoms with E-state index in [1.807, 2.05) is 0 Å². The van der Waals surface area contributed by atoms with Crippen molar-refractivity contribution >= 4 is 24.3 Å². The Morgan fingerprint density at radius 2 is 1.82 bits per heavy atom. The first-order chi connectivity index (χ1) is 7.68. The number of likely N-dealkylation sites (tertiary alicyclic amines) is 1. The van der Waals surface area contributed by atoms with Crippen LogP contribution in [0.4, 0.5) is 0 Å². The quantitative estimate of drug-likeness (QED) is 0.594. The summed E-state index contributed by atoms with van der Waals surface area (Å²) in [6.07, 6.45) is 5.39. The molecular weight excluding hydrogens is 246 g/mol. The van der Waals surface area contributed by atoms with Gasteiger partial charge in [-0.3, -0.25) is 4.90 Å². The second-order valence-electron chi connectivity index (χ2n) is 3.74. The van der Waals surface area contributed by atoms with Crippen LogP contribution in [0.15, 0.2) is 12.2 Å². The monoisotopic (exact) mass is 263 g/mol. The molecular formula is C11H18ClNO4. The molecule has 6 heteroatoms. The summed E-state index contributed by atoms with van der Waals surface area (Å²) in [6, 6.07) is 0. The fraction of sp³-hybridized carbons (Fsp3) is 0.636. The first kappa shape index (κ1) is 15.9. The van der Waals surface area contributed by atoms with Gasteiger partial charge in [-0.1, -0.05) is 6.42 Å². The van der Waals surface area contributed by atoms with Gasteiger partial charge in [0.15, 0.2) is 0 Å². The molecule has 0 aromatic rings. The molecule has 0 spiro atoms. The van der Waals surface area contributed by atoms with Crippen LogP contribution < -0.4 is 0 Å². The van der Waals surface area contributed by atoms with Gasteiger partial charge in [-0.15, -0.1) is 12.4 Å². The van der Waals surface area contributed by atoms with E-state index in [2.05, 4.69) is 4.90 Å². The van der Waals surface area contributed by atoms with Crippen molar-refractivity contribution < 1.29 is 19.4 Å². The van der Waals surface area contributed by atoms with E-state index in [1.54, 1.807) is 0 Å². The summed E-state index contributed by atoms with van der Waals surface area (Å²) >= 11 is 0. The van der Waals surface area contributed by atoms with Crippen LogP contribution >= 0.6 is 12.4 Å². The molecule has 98 valence electrons. The van der Waals surface area contributed by atoms with E-state index >= 15 is 0 Å². The molecule has 0 unspecified atom stereocenters. The van der Waals surface area contributed by atoms with Crippen molar-refractivity contribution in [2.45, 2.75) is 19.3 Å². The Hall–Kier alpha value is -1.07. The Morgan fingerprint density at radius 3 is 2.41 bits per heavy atom. The minimum atomic E-state index is -1.15. The average molecular weight is 264 g/mol. The topological polar surface area (TPSA) is 66.8 Å². The minimum Gasteiger partial charge on any atom is -0.478 e. The van der Waals surface area contributed by atoms with Gasteiger partial charge >= 0.3 is 11.9 Å². The standard InChI is InChI=1S/C11H17NO4.ClH/c13-10(14)4-5-11(15)16-9-8-12-6-2-1-3-7-12;/h4-5H,1-3,6-9H2,(H,13,14);1H/b5-4+;. The summed E-state index contributed by atoms with van der Waals surface area (Å²) in [5.74, 6) is -1.74. The number of carbonyl (C=O) groups is 2. The zero-order chi connectivity index (χ0) is 11.8. The molecule has 0 radical (unpaired) electrons. The molecule has 1 N–H and O–H groups in total. The van der Waals surface area contributed by atoms with E-state index < -0.39 is 11.9 Å². The lowest BCUT2D eigenvalue weighted by molar-refractivity contribution is -0.139. The van der Waals surface area contributed by atoms with E-state index in [0.29, 0.717) is 6.61 Å². The summed E-state index contributed by atoms with van der Waals surface area (Å²) in [4.78, 5) is 23.4. The van der Waals surface area contributed by atoms with Crippen molar-refractivity contribution in [2.24, 2.45) is 0 Å². The van der Waals surface area contributed by atoms with Crippen molar-refractivity contribution in [3.63, 3.8) is 0 Å². The molecule has 1 saturated heterocycles. The molecule has 0 aliphatic carbocycles. The molecule has 0 amide bonds. The van der Waals surface area contributed by atoms with Crippen LogP contribution in [0.5, 0.6) is 0 Å². The van der Waals surface area contributed by atoms with Crippen LogP contribution in [-0.2, 0) is 14.3 Å². The number of esters is 1. The van der Waals surface area contributed by atoms with Gasteiger partial charge in [-0.2, -0.15) is 0 Å². The number of nitrogens with zero attached hydrogens (tertiary/aromatic N) is 1. The van der Waals surface area contributed by atoms with E-state index in [4.69, 9.17) is 9.84 Å². The fourth-order valence-electron chi connectivity index (χ4n) is 1.65. The van der Waals surface area contributed by atoms with Crippen LogP contribution in [0, 0.1) is 0 Å². The van der Waals surface area contributed by atoms with E-state index in [-0.39, 0.29) is 12.4 Å². The normalized spacial score (nSPS) is 16.5. The highest BCUT2D eigenvalue weighted by Crippen LogP contribution is 2.07. The number of rotatable bonds is 5. The number of halogens is 1. The van der Waals surface area contributed by atoms with Gasteiger partial charge in [0.1, 0.15) is 6.61 Å². The Morgan fingerprint density at radius 1 is 1.18 bits per heavy atom. The van der Waals surface area contributed by atoms with E-state index in [0.717, 1.165) is 31.8 Å². The summed E-state index contributed by atoms with van der Waals surface area (Å²) in [5.41, 5.74) is 0. The highest BCUT2D eigenvalue weighted by Gasteiger charge is 2.09. The Labute approximate surface area is 107 Å². The Kier molecular flexibility index (Phi) is 8.44. The first-order valence-corrected chi connectivity index (χ1v) is 5.48. The number of hydrogen-bond donors (Lipinski definition) is 1. The van der Waals surface area contributed by atoms with Crippen LogP contribution in [0.3, 0.4) is 0 Å². The van der Waals surface area contributed by atoms with Gasteiger partial charge in [0.05, 0.1) is 0 Å². The predicted molar refractivity (Wildman–Crippen MR) is 65.3 cm³/mol. The molecule has 1 fully saturated rings. The first-order valence-electron chi connectivity index (χ1n) is 5.48. The Balaban J connectivity index is 0.00000256. The molecule has 0 saturated carbocycles. The van der Waals surface area contributed by atoms with Gasteiger partial charge in [0, 0.05) is 18.7 Å². The van der Waals surface area contributed by atoms with Crippen LogP contribution in [0.25, 0.3) is 0 Å². The Bertz CT molecular complexity index is 275. The summed E-state index contributed by atoms with van der Waals surface area (Å²) in [6.45, 7) is 3.17. The maximum absolute atomic E-state index is 11.0. The van der Waals surface area contributed by atoms with Crippen molar-refractivity contribution in [3.8, 4) is 0 Å².